The van der Waals surface area contributed by atoms with Crippen LogP contribution in [-0.4, -0.2) is 13.1 Å². The Hall–Kier alpha value is -0.990. The van der Waals surface area contributed by atoms with Crippen LogP contribution < -0.4 is 10.6 Å². The van der Waals surface area contributed by atoms with Crippen LogP contribution in [-0.2, 0) is 0 Å². The molecule has 1 aromatic carbocycles. The highest BCUT2D eigenvalue weighted by Crippen LogP contribution is 2.27. The number of anilines is 1. The van der Waals surface area contributed by atoms with Crippen molar-refractivity contribution in [2.75, 3.05) is 18.0 Å². The highest BCUT2D eigenvalue weighted by Gasteiger charge is 2.11. The van der Waals surface area contributed by atoms with Crippen molar-refractivity contribution in [2.45, 2.75) is 19.4 Å². The van der Waals surface area contributed by atoms with E-state index in [4.69, 9.17) is 17.3 Å². The predicted octanol–water partition coefficient (Wildman–Crippen LogP) is 3.13. The molecule has 0 aromatic heterocycles. The van der Waals surface area contributed by atoms with E-state index in [0.29, 0.717) is 0 Å². The van der Waals surface area contributed by atoms with Crippen molar-refractivity contribution in [1.82, 2.24) is 0 Å². The number of halogens is 1. The summed E-state index contributed by atoms with van der Waals surface area (Å²) in [6.45, 7) is 3.97. The minimum Gasteiger partial charge on any atom is -0.367 e. The third-order valence-electron chi connectivity index (χ3n) is 2.90. The molecular weight excluding hydrogens is 220 g/mol. The molecule has 0 saturated heterocycles. The van der Waals surface area contributed by atoms with Crippen LogP contribution in [0.25, 0.3) is 0 Å². The molecule has 16 heavy (non-hydrogen) atoms. The van der Waals surface area contributed by atoms with Crippen LogP contribution in [0.15, 0.2) is 30.4 Å². The summed E-state index contributed by atoms with van der Waals surface area (Å²) in [6, 6.07) is 6.13. The molecule has 1 aliphatic rings. The number of rotatable bonds is 2. The molecule has 0 saturated carbocycles. The Balaban J connectivity index is 2.23. The van der Waals surface area contributed by atoms with Crippen LogP contribution in [0.1, 0.15) is 24.9 Å². The highest BCUT2D eigenvalue weighted by atomic mass is 35.5. The molecule has 0 aliphatic carbocycles. The summed E-state index contributed by atoms with van der Waals surface area (Å²) >= 11 is 6.22. The second-order valence-corrected chi connectivity index (χ2v) is 4.61. The smallest absolute Gasteiger partial charge is 0.0474 e. The summed E-state index contributed by atoms with van der Waals surface area (Å²) in [5.41, 5.74) is 8.03. The maximum Gasteiger partial charge on any atom is 0.0474 e. The Morgan fingerprint density at radius 2 is 2.19 bits per heavy atom. The van der Waals surface area contributed by atoms with Gasteiger partial charge < -0.3 is 10.6 Å². The average molecular weight is 237 g/mol. The molecule has 2 rings (SSSR count). The fourth-order valence-corrected chi connectivity index (χ4v) is 2.30. The van der Waals surface area contributed by atoms with Crippen molar-refractivity contribution in [1.29, 1.82) is 0 Å². The van der Waals surface area contributed by atoms with E-state index < -0.39 is 0 Å². The quantitative estimate of drug-likeness (QED) is 0.800. The van der Waals surface area contributed by atoms with Gasteiger partial charge in [-0.25, -0.2) is 0 Å². The van der Waals surface area contributed by atoms with E-state index in [0.717, 1.165) is 30.1 Å². The fourth-order valence-electron chi connectivity index (χ4n) is 1.96. The Labute approximate surface area is 102 Å². The topological polar surface area (TPSA) is 29.3 Å². The Kier molecular flexibility index (Phi) is 3.52. The molecule has 0 fully saturated rings. The number of benzene rings is 1. The second kappa shape index (κ2) is 4.89. The zero-order valence-electron chi connectivity index (χ0n) is 9.49. The summed E-state index contributed by atoms with van der Waals surface area (Å²) in [5, 5.41) is 0.766. The first kappa shape index (κ1) is 11.5. The van der Waals surface area contributed by atoms with Crippen molar-refractivity contribution >= 4 is 17.3 Å². The van der Waals surface area contributed by atoms with Crippen molar-refractivity contribution in [3.8, 4) is 0 Å². The van der Waals surface area contributed by atoms with Gasteiger partial charge in [0.25, 0.3) is 0 Å². The first-order valence-electron chi connectivity index (χ1n) is 5.63. The molecule has 0 spiro atoms. The van der Waals surface area contributed by atoms with Crippen molar-refractivity contribution in [3.05, 3.63) is 40.9 Å². The first-order chi connectivity index (χ1) is 7.68. The van der Waals surface area contributed by atoms with Gasteiger partial charge in [0, 0.05) is 29.8 Å². The Bertz CT molecular complexity index is 399. The van der Waals surface area contributed by atoms with E-state index in [1.165, 1.54) is 5.69 Å². The zero-order chi connectivity index (χ0) is 11.5. The largest absolute Gasteiger partial charge is 0.367 e. The maximum atomic E-state index is 6.22. The number of hydrogen-bond acceptors (Lipinski definition) is 2. The normalized spacial score (nSPS) is 17.6. The minimum absolute atomic E-state index is 0.0113. The summed E-state index contributed by atoms with van der Waals surface area (Å²) < 4.78 is 0. The minimum atomic E-state index is -0.0113. The molecule has 86 valence electrons. The molecule has 1 unspecified atom stereocenters. The number of nitrogens with two attached hydrogens (primary N) is 1. The number of hydrogen-bond donors (Lipinski definition) is 1. The predicted molar refractivity (Wildman–Crippen MR) is 70.0 cm³/mol. The van der Waals surface area contributed by atoms with E-state index in [-0.39, 0.29) is 6.04 Å². The van der Waals surface area contributed by atoms with Gasteiger partial charge in [0.15, 0.2) is 0 Å². The summed E-state index contributed by atoms with van der Waals surface area (Å²) in [7, 11) is 0. The average Bonchev–Trinajstić information content (AvgIpc) is 2.29. The van der Waals surface area contributed by atoms with Gasteiger partial charge in [0.05, 0.1) is 0 Å². The molecule has 1 heterocycles. The molecule has 2 nitrogen and oxygen atoms in total. The lowest BCUT2D eigenvalue weighted by Crippen LogP contribution is -2.26. The van der Waals surface area contributed by atoms with Crippen LogP contribution in [0.5, 0.6) is 0 Å². The van der Waals surface area contributed by atoms with Crippen LogP contribution >= 0.6 is 11.6 Å². The maximum absolute atomic E-state index is 6.22. The van der Waals surface area contributed by atoms with Gasteiger partial charge in [-0.2, -0.15) is 0 Å². The number of nitrogens with zero attached hydrogens (tertiary/aromatic N) is 1. The van der Waals surface area contributed by atoms with E-state index >= 15 is 0 Å². The molecule has 1 aliphatic heterocycles. The molecule has 2 N–H and O–H groups in total. The van der Waals surface area contributed by atoms with E-state index in [1.54, 1.807) is 0 Å². The van der Waals surface area contributed by atoms with Gasteiger partial charge in [-0.15, -0.1) is 0 Å². The summed E-state index contributed by atoms with van der Waals surface area (Å²) in [5.74, 6) is 0. The van der Waals surface area contributed by atoms with Crippen molar-refractivity contribution in [3.63, 3.8) is 0 Å². The van der Waals surface area contributed by atoms with Gasteiger partial charge in [-0.1, -0.05) is 29.8 Å². The first-order valence-corrected chi connectivity index (χ1v) is 6.01. The lowest BCUT2D eigenvalue weighted by molar-refractivity contribution is 0.808. The standard InChI is InChI=1S/C13H17ClN2/c1-10(15)12-6-5-11(9-13(12)14)16-7-3-2-4-8-16/h2-3,5-6,9-10H,4,7-8,15H2,1H3. The molecule has 3 heteroatoms. The Morgan fingerprint density at radius 3 is 2.75 bits per heavy atom. The second-order valence-electron chi connectivity index (χ2n) is 4.20. The molecule has 0 amide bonds. The summed E-state index contributed by atoms with van der Waals surface area (Å²) in [4.78, 5) is 2.32. The van der Waals surface area contributed by atoms with E-state index in [9.17, 15) is 0 Å². The van der Waals surface area contributed by atoms with Crippen LogP contribution in [0.2, 0.25) is 5.02 Å². The molecule has 1 aromatic rings. The molecule has 0 radical (unpaired) electrons. The molecule has 1 atom stereocenters. The molecular formula is C13H17ClN2. The van der Waals surface area contributed by atoms with E-state index in [1.807, 2.05) is 19.1 Å². The lowest BCUT2D eigenvalue weighted by atomic mass is 10.1. The van der Waals surface area contributed by atoms with Crippen LogP contribution in [0.3, 0.4) is 0 Å². The van der Waals surface area contributed by atoms with Gasteiger partial charge >= 0.3 is 0 Å². The van der Waals surface area contributed by atoms with Gasteiger partial charge in [-0.3, -0.25) is 0 Å². The van der Waals surface area contributed by atoms with Gasteiger partial charge in [0.1, 0.15) is 0 Å². The van der Waals surface area contributed by atoms with Crippen LogP contribution in [0.4, 0.5) is 5.69 Å². The lowest BCUT2D eigenvalue weighted by Gasteiger charge is -2.26. The van der Waals surface area contributed by atoms with Gasteiger partial charge in [0.2, 0.25) is 0 Å². The van der Waals surface area contributed by atoms with Crippen molar-refractivity contribution in [2.24, 2.45) is 5.73 Å². The summed E-state index contributed by atoms with van der Waals surface area (Å²) in [6.07, 6.45) is 5.51. The van der Waals surface area contributed by atoms with Crippen molar-refractivity contribution < 1.29 is 0 Å². The zero-order valence-corrected chi connectivity index (χ0v) is 10.2. The third kappa shape index (κ3) is 2.39. The Morgan fingerprint density at radius 1 is 1.38 bits per heavy atom. The molecule has 0 bridgehead atoms. The van der Waals surface area contributed by atoms with E-state index in [2.05, 4.69) is 23.1 Å². The van der Waals surface area contributed by atoms with Crippen LogP contribution in [0, 0.1) is 0 Å². The fraction of sp³-hybridized carbons (Fsp3) is 0.385. The highest BCUT2D eigenvalue weighted by molar-refractivity contribution is 6.31. The third-order valence-corrected chi connectivity index (χ3v) is 3.23. The van der Waals surface area contributed by atoms with Gasteiger partial charge in [-0.05, 0) is 31.0 Å². The monoisotopic (exact) mass is 236 g/mol. The SMILES string of the molecule is CC(N)c1ccc(N2CC=CCC2)cc1Cl.